The zero-order valence-corrected chi connectivity index (χ0v) is 5.49. The van der Waals surface area contributed by atoms with Crippen LogP contribution in [0.1, 0.15) is 0 Å². The van der Waals surface area contributed by atoms with Gasteiger partial charge >= 0.3 is 0 Å². The van der Waals surface area contributed by atoms with E-state index in [0.29, 0.717) is 0 Å². The van der Waals surface area contributed by atoms with E-state index in [2.05, 4.69) is 0 Å². The van der Waals surface area contributed by atoms with E-state index in [1.807, 2.05) is 0 Å². The molecule has 1 aromatic carbocycles. The fraction of sp³-hybridized carbons (Fsp3) is 0. The molecule has 0 saturated carbocycles. The third-order valence-electron chi connectivity index (χ3n) is 1.26. The summed E-state index contributed by atoms with van der Waals surface area (Å²) in [7, 11) is 0. The molecule has 0 heterocycles. The number of hydrogen-bond donors (Lipinski definition) is 1. The van der Waals surface area contributed by atoms with Crippen molar-refractivity contribution in [1.29, 1.82) is 0 Å². The summed E-state index contributed by atoms with van der Waals surface area (Å²) in [5.41, 5.74) is -6.65. The number of benzene rings is 1. The molecule has 12 heavy (non-hydrogen) atoms. The van der Waals surface area contributed by atoms with Crippen molar-refractivity contribution in [1.82, 2.24) is 0 Å². The molecule has 6 nitrogen and oxygen atoms in total. The van der Waals surface area contributed by atoms with Crippen molar-refractivity contribution in [2.45, 2.75) is 0 Å². The third kappa shape index (κ3) is 0.815. The van der Waals surface area contributed by atoms with Crippen molar-refractivity contribution < 1.29 is 10.2 Å². The molecule has 0 radical (unpaired) electrons. The van der Waals surface area contributed by atoms with Crippen LogP contribution in [-0.4, -0.2) is 5.11 Å². The first-order chi connectivity index (χ1) is 5.46. The van der Waals surface area contributed by atoms with E-state index in [9.17, 15) is 24.3 Å². The smallest absolute Gasteiger partial charge is 0.280 e. The van der Waals surface area contributed by atoms with Crippen molar-refractivity contribution >= 4 is 0 Å². The predicted octanol–water partition coefficient (Wildman–Crippen LogP) is -3.22. The van der Waals surface area contributed by atoms with Gasteiger partial charge in [0, 0.05) is 0 Å². The molecular weight excluding hydrogens is 168 g/mol. The number of phenolic OH excluding ortho intramolecular Hbond substituents is 1. The molecule has 0 aliphatic carbocycles. The number of phenols is 1. The molecule has 0 unspecified atom stereocenters. The molecule has 0 fully saturated rings. The lowest BCUT2D eigenvalue weighted by Gasteiger charge is -2.01. The van der Waals surface area contributed by atoms with Crippen LogP contribution in [0.15, 0.2) is 19.2 Å². The van der Waals surface area contributed by atoms with Crippen LogP contribution >= 0.6 is 0 Å². The van der Waals surface area contributed by atoms with Crippen molar-refractivity contribution in [2.75, 3.05) is 0 Å². The summed E-state index contributed by atoms with van der Waals surface area (Å²) in [6.07, 6.45) is 0. The first kappa shape index (κ1) is 8.12. The second kappa shape index (κ2) is 2.26. The second-order valence-corrected chi connectivity index (χ2v) is 1.99. The van der Waals surface area contributed by atoms with E-state index in [-0.39, 0.29) is 0 Å². The van der Waals surface area contributed by atoms with Gasteiger partial charge in [-0.05, 0) is 5.75 Å². The normalized spacial score (nSPS) is 10.0. The lowest BCUT2D eigenvalue weighted by Crippen LogP contribution is -2.47. The fourth-order valence-corrected chi connectivity index (χ4v) is 0.628. The summed E-state index contributed by atoms with van der Waals surface area (Å²) in [4.78, 5) is 41.8. The lowest BCUT2D eigenvalue weighted by atomic mass is 10.3. The summed E-state index contributed by atoms with van der Waals surface area (Å²) in [6, 6.07) is 0. The zero-order valence-electron chi connectivity index (χ0n) is 5.49. The summed E-state index contributed by atoms with van der Waals surface area (Å²) >= 11 is 0. The fourth-order valence-electron chi connectivity index (χ4n) is 0.628. The van der Waals surface area contributed by atoms with Crippen molar-refractivity contribution in [3.8, 4) is 11.5 Å². The van der Waals surface area contributed by atoms with Crippen LogP contribution in [-0.2, 0) is 0 Å². The molecule has 0 bridgehead atoms. The Kier molecular flexibility index (Phi) is 1.53. The molecule has 0 saturated heterocycles. The minimum Gasteiger partial charge on any atom is -0.867 e. The van der Waals surface area contributed by atoms with Gasteiger partial charge in [0.05, 0.1) is 0 Å². The van der Waals surface area contributed by atoms with Gasteiger partial charge in [0.15, 0.2) is 5.75 Å². The Bertz CT molecular complexity index is 470. The first-order valence-electron chi connectivity index (χ1n) is 2.74. The van der Waals surface area contributed by atoms with Gasteiger partial charge in [-0.25, -0.2) is 0 Å². The maximum Gasteiger partial charge on any atom is 0.280 e. The Labute approximate surface area is 63.7 Å². The van der Waals surface area contributed by atoms with E-state index < -0.39 is 33.2 Å². The van der Waals surface area contributed by atoms with Crippen LogP contribution in [0.4, 0.5) is 0 Å². The van der Waals surface area contributed by atoms with Gasteiger partial charge in [0.25, 0.3) is 16.3 Å². The van der Waals surface area contributed by atoms with Crippen LogP contribution in [0.25, 0.3) is 0 Å². The Morgan fingerprint density at radius 3 is 1.75 bits per heavy atom. The highest BCUT2D eigenvalue weighted by molar-refractivity contribution is 5.35. The molecule has 6 heteroatoms. The molecule has 1 rings (SSSR count). The lowest BCUT2D eigenvalue weighted by molar-refractivity contribution is -0.272. The number of aromatic hydroxyl groups is 1. The van der Waals surface area contributed by atoms with Gasteiger partial charge < -0.3 is 10.2 Å². The minimum atomic E-state index is -1.69. The molecule has 1 N–H and O–H groups in total. The van der Waals surface area contributed by atoms with Crippen LogP contribution in [0.3, 0.4) is 0 Å². The van der Waals surface area contributed by atoms with Crippen molar-refractivity contribution in [2.24, 2.45) is 0 Å². The van der Waals surface area contributed by atoms with Crippen LogP contribution in [0, 0.1) is 0 Å². The van der Waals surface area contributed by atoms with Gasteiger partial charge in [0.2, 0.25) is 5.43 Å². The highest BCUT2D eigenvalue weighted by Gasteiger charge is 2.10. The highest BCUT2D eigenvalue weighted by Crippen LogP contribution is 2.04. The molecular formula is C6HO6-. The van der Waals surface area contributed by atoms with Gasteiger partial charge in [-0.3, -0.25) is 19.2 Å². The maximum atomic E-state index is 10.5. The van der Waals surface area contributed by atoms with Gasteiger partial charge in [-0.1, -0.05) is 0 Å². The van der Waals surface area contributed by atoms with E-state index in [1.54, 1.807) is 0 Å². The Morgan fingerprint density at radius 2 is 1.25 bits per heavy atom. The van der Waals surface area contributed by atoms with Crippen LogP contribution in [0.5, 0.6) is 11.5 Å². The summed E-state index contributed by atoms with van der Waals surface area (Å²) in [6.45, 7) is 0. The topological polar surface area (TPSA) is 112 Å². The Balaban J connectivity index is 4.15. The molecule has 0 aliphatic heterocycles. The zero-order chi connectivity index (χ0) is 9.46. The molecule has 0 amide bonds. The van der Waals surface area contributed by atoms with Crippen molar-refractivity contribution in [3.63, 3.8) is 0 Å². The third-order valence-corrected chi connectivity index (χ3v) is 1.26. The van der Waals surface area contributed by atoms with E-state index in [1.165, 1.54) is 0 Å². The Hall–Kier alpha value is -1.98. The highest BCUT2D eigenvalue weighted by atomic mass is 16.3. The van der Waals surface area contributed by atoms with Gasteiger partial charge in [-0.2, -0.15) is 0 Å². The predicted molar refractivity (Wildman–Crippen MR) is 35.0 cm³/mol. The average Bonchev–Trinajstić information content (AvgIpc) is 2.08. The standard InChI is InChI=1S/C6H2O6/c7-1-2(8)4(10)6(12)5(11)3(1)9/h7-8H/p-1. The van der Waals surface area contributed by atoms with E-state index in [4.69, 9.17) is 5.11 Å². The van der Waals surface area contributed by atoms with Crippen LogP contribution in [0.2, 0.25) is 0 Å². The quantitative estimate of drug-likeness (QED) is 0.409. The average molecular weight is 169 g/mol. The molecule has 62 valence electrons. The molecule has 1 aromatic rings. The molecule has 0 spiro atoms. The molecule has 0 atom stereocenters. The maximum absolute atomic E-state index is 10.5. The van der Waals surface area contributed by atoms with Crippen LogP contribution < -0.4 is 26.8 Å². The van der Waals surface area contributed by atoms with Gasteiger partial charge in [0.1, 0.15) is 0 Å². The molecule has 0 aromatic heterocycles. The monoisotopic (exact) mass is 169 g/mol. The number of rotatable bonds is 0. The second-order valence-electron chi connectivity index (χ2n) is 1.99. The largest absolute Gasteiger partial charge is 0.867 e. The molecule has 0 aliphatic rings. The number of hydrogen-bond acceptors (Lipinski definition) is 6. The van der Waals surface area contributed by atoms with Gasteiger partial charge in [-0.15, -0.1) is 0 Å². The summed E-state index contributed by atoms with van der Waals surface area (Å²) in [5, 5.41) is 19.0. The summed E-state index contributed by atoms with van der Waals surface area (Å²) < 4.78 is 0. The van der Waals surface area contributed by atoms with E-state index >= 15 is 0 Å². The van der Waals surface area contributed by atoms with Crippen molar-refractivity contribution in [3.05, 3.63) is 40.9 Å². The SMILES string of the molecule is O=c1c([O-])c(O)c(=O)c(=O)c1=O. The van der Waals surface area contributed by atoms with E-state index in [0.717, 1.165) is 0 Å². The minimum absolute atomic E-state index is 1.48. The Morgan fingerprint density at radius 1 is 0.833 bits per heavy atom. The summed E-state index contributed by atoms with van der Waals surface area (Å²) in [5.74, 6) is -3.10. The first-order valence-corrected chi connectivity index (χ1v) is 2.74.